The summed E-state index contributed by atoms with van der Waals surface area (Å²) in [7, 11) is -4.06. The molecule has 0 saturated heterocycles. The van der Waals surface area contributed by atoms with E-state index >= 15 is 0 Å². The smallest absolute Gasteiger partial charge is 0.422 e. The average molecular weight is 352 g/mol. The first kappa shape index (κ1) is 15.7. The number of hydrogen-bond acceptors (Lipinski definition) is 5. The van der Waals surface area contributed by atoms with Gasteiger partial charge in [0.1, 0.15) is 5.82 Å². The molecule has 0 bridgehead atoms. The minimum Gasteiger partial charge on any atom is -0.446 e. The van der Waals surface area contributed by atoms with Gasteiger partial charge in [-0.15, -0.1) is 0 Å². The molecule has 0 aliphatic heterocycles. The molecule has 1 aromatic rings. The van der Waals surface area contributed by atoms with Gasteiger partial charge in [-0.05, 0) is 48.3 Å². The minimum atomic E-state index is -4.06. The Bertz CT molecular complexity index is 574. The summed E-state index contributed by atoms with van der Waals surface area (Å²) < 4.78 is 32.5. The van der Waals surface area contributed by atoms with Crippen LogP contribution < -0.4 is 9.44 Å². The molecule has 0 radical (unpaired) electrons. The Hall–Kier alpha value is -1.35. The van der Waals surface area contributed by atoms with Crippen LogP contribution in [-0.2, 0) is 14.9 Å². The van der Waals surface area contributed by atoms with Crippen molar-refractivity contribution in [1.29, 1.82) is 0 Å². The van der Waals surface area contributed by atoms with Crippen molar-refractivity contribution in [3.8, 4) is 0 Å². The molecule has 0 atom stereocenters. The third kappa shape index (κ3) is 5.43. The Kier molecular flexibility index (Phi) is 5.12. The molecule has 0 aliphatic rings. The summed E-state index contributed by atoms with van der Waals surface area (Å²) in [5.41, 5.74) is 0.803. The van der Waals surface area contributed by atoms with Crippen molar-refractivity contribution in [3.05, 3.63) is 22.3 Å². The molecule has 0 fully saturated rings. The fraction of sp³-hybridized carbons (Fsp3) is 0.400. The van der Waals surface area contributed by atoms with Gasteiger partial charge in [0, 0.05) is 10.7 Å². The SMILES string of the molecule is Cc1cc(NS(=O)(=O)NC(=O)OC(C)C)ncc1Br. The van der Waals surface area contributed by atoms with E-state index in [1.807, 2.05) is 0 Å². The van der Waals surface area contributed by atoms with Crippen LogP contribution in [0.2, 0.25) is 0 Å². The lowest BCUT2D eigenvalue weighted by Crippen LogP contribution is -2.37. The molecule has 1 amide bonds. The average Bonchev–Trinajstić information content (AvgIpc) is 2.20. The highest BCUT2D eigenvalue weighted by Crippen LogP contribution is 2.17. The molecule has 0 aliphatic carbocycles. The fourth-order valence-electron chi connectivity index (χ4n) is 1.11. The number of nitrogens with zero attached hydrogens (tertiary/aromatic N) is 1. The lowest BCUT2D eigenvalue weighted by molar-refractivity contribution is 0.121. The number of aromatic nitrogens is 1. The van der Waals surface area contributed by atoms with Gasteiger partial charge in [-0.2, -0.15) is 8.42 Å². The van der Waals surface area contributed by atoms with E-state index in [2.05, 4.69) is 30.4 Å². The first-order valence-corrected chi connectivity index (χ1v) is 7.60. The van der Waals surface area contributed by atoms with Crippen LogP contribution in [0, 0.1) is 6.92 Å². The first-order valence-electron chi connectivity index (χ1n) is 5.33. The van der Waals surface area contributed by atoms with E-state index in [0.29, 0.717) is 0 Å². The van der Waals surface area contributed by atoms with E-state index in [4.69, 9.17) is 0 Å². The molecule has 1 aromatic heterocycles. The van der Waals surface area contributed by atoms with Gasteiger partial charge in [0.15, 0.2) is 0 Å². The number of carbonyl (C=O) groups is 1. The maximum Gasteiger partial charge on any atom is 0.422 e. The lowest BCUT2D eigenvalue weighted by Gasteiger charge is -2.11. The summed E-state index contributed by atoms with van der Waals surface area (Å²) in [4.78, 5) is 15.1. The van der Waals surface area contributed by atoms with Crippen molar-refractivity contribution in [2.75, 3.05) is 4.72 Å². The molecule has 1 rings (SSSR count). The Balaban J connectivity index is 2.74. The number of pyridine rings is 1. The molecule has 0 spiro atoms. The molecule has 0 unspecified atom stereocenters. The molecule has 0 saturated carbocycles. The monoisotopic (exact) mass is 351 g/mol. The third-order valence-electron chi connectivity index (χ3n) is 1.85. The van der Waals surface area contributed by atoms with Gasteiger partial charge in [-0.25, -0.2) is 14.5 Å². The number of nitrogens with one attached hydrogen (secondary N) is 2. The summed E-state index contributed by atoms with van der Waals surface area (Å²) in [6.07, 6.45) is -0.000757. The summed E-state index contributed by atoms with van der Waals surface area (Å²) in [6, 6.07) is 1.52. The maximum atomic E-state index is 11.6. The second-order valence-electron chi connectivity index (χ2n) is 3.98. The van der Waals surface area contributed by atoms with Crippen LogP contribution in [0.15, 0.2) is 16.7 Å². The lowest BCUT2D eigenvalue weighted by atomic mass is 10.3. The molecule has 0 aromatic carbocycles. The second-order valence-corrected chi connectivity index (χ2v) is 6.25. The van der Waals surface area contributed by atoms with E-state index in [9.17, 15) is 13.2 Å². The number of carbonyl (C=O) groups excluding carboxylic acids is 1. The maximum absolute atomic E-state index is 11.6. The van der Waals surface area contributed by atoms with Crippen molar-refractivity contribution in [2.45, 2.75) is 26.9 Å². The Labute approximate surface area is 120 Å². The molecule has 2 N–H and O–H groups in total. The summed E-state index contributed by atoms with van der Waals surface area (Å²) >= 11 is 3.25. The van der Waals surface area contributed by atoms with Crippen LogP contribution in [-0.4, -0.2) is 25.6 Å². The van der Waals surface area contributed by atoms with Crippen LogP contribution in [0.1, 0.15) is 19.4 Å². The summed E-state index contributed by atoms with van der Waals surface area (Å²) in [6.45, 7) is 5.00. The second kappa shape index (κ2) is 6.20. The standard InChI is InChI=1S/C10H14BrN3O4S/c1-6(2)18-10(15)14-19(16,17)13-9-4-7(3)8(11)5-12-9/h4-6H,1-3H3,(H,12,13)(H,14,15). The molecule has 1 heterocycles. The highest BCUT2D eigenvalue weighted by Gasteiger charge is 2.17. The number of hydrogen-bond donors (Lipinski definition) is 2. The van der Waals surface area contributed by atoms with E-state index in [1.165, 1.54) is 12.3 Å². The van der Waals surface area contributed by atoms with Crippen LogP contribution in [0.25, 0.3) is 0 Å². The normalized spacial score (nSPS) is 11.2. The van der Waals surface area contributed by atoms with Crippen molar-refractivity contribution in [1.82, 2.24) is 9.71 Å². The van der Waals surface area contributed by atoms with E-state index in [-0.39, 0.29) is 5.82 Å². The molecule has 19 heavy (non-hydrogen) atoms. The van der Waals surface area contributed by atoms with Crippen LogP contribution >= 0.6 is 15.9 Å². The zero-order valence-corrected chi connectivity index (χ0v) is 13.0. The minimum absolute atomic E-state index is 0.102. The molecule has 106 valence electrons. The highest BCUT2D eigenvalue weighted by atomic mass is 79.9. The molecular formula is C10H14BrN3O4S. The number of aryl methyl sites for hydroxylation is 1. The van der Waals surface area contributed by atoms with Crippen LogP contribution in [0.4, 0.5) is 10.6 Å². The van der Waals surface area contributed by atoms with Crippen molar-refractivity contribution >= 4 is 38.1 Å². The highest BCUT2D eigenvalue weighted by molar-refractivity contribution is 9.10. The molecule has 7 nitrogen and oxygen atoms in total. The predicted molar refractivity (Wildman–Crippen MR) is 74.0 cm³/mol. The number of anilines is 1. The topological polar surface area (TPSA) is 97.4 Å². The number of amides is 1. The van der Waals surface area contributed by atoms with Gasteiger partial charge in [0.2, 0.25) is 0 Å². The first-order chi connectivity index (χ1) is 8.69. The van der Waals surface area contributed by atoms with Gasteiger partial charge in [0.05, 0.1) is 6.10 Å². The predicted octanol–water partition coefficient (Wildman–Crippen LogP) is 1.94. The van der Waals surface area contributed by atoms with Crippen molar-refractivity contribution < 1.29 is 17.9 Å². The van der Waals surface area contributed by atoms with Gasteiger partial charge in [-0.1, -0.05) is 0 Å². The Morgan fingerprint density at radius 1 is 1.47 bits per heavy atom. The van der Waals surface area contributed by atoms with Gasteiger partial charge >= 0.3 is 16.3 Å². The van der Waals surface area contributed by atoms with Crippen LogP contribution in [0.5, 0.6) is 0 Å². The van der Waals surface area contributed by atoms with Gasteiger partial charge < -0.3 is 4.74 Å². The van der Waals surface area contributed by atoms with Crippen molar-refractivity contribution in [2.24, 2.45) is 0 Å². The number of ether oxygens (including phenoxy) is 1. The van der Waals surface area contributed by atoms with Gasteiger partial charge in [-0.3, -0.25) is 4.72 Å². The van der Waals surface area contributed by atoms with E-state index < -0.39 is 22.4 Å². The third-order valence-corrected chi connectivity index (χ3v) is 3.59. The van der Waals surface area contributed by atoms with Crippen molar-refractivity contribution in [3.63, 3.8) is 0 Å². The Morgan fingerprint density at radius 3 is 2.63 bits per heavy atom. The summed E-state index contributed by atoms with van der Waals surface area (Å²) in [5, 5.41) is 0. The fourth-order valence-corrected chi connectivity index (χ4v) is 2.03. The zero-order valence-electron chi connectivity index (χ0n) is 10.6. The van der Waals surface area contributed by atoms with E-state index in [0.717, 1.165) is 10.0 Å². The zero-order chi connectivity index (χ0) is 14.6. The molecular weight excluding hydrogens is 338 g/mol. The van der Waals surface area contributed by atoms with E-state index in [1.54, 1.807) is 25.5 Å². The number of halogens is 1. The molecule has 9 heteroatoms. The van der Waals surface area contributed by atoms with Crippen LogP contribution in [0.3, 0.4) is 0 Å². The largest absolute Gasteiger partial charge is 0.446 e. The number of rotatable bonds is 4. The van der Waals surface area contributed by atoms with Gasteiger partial charge in [0.25, 0.3) is 0 Å². The summed E-state index contributed by atoms with van der Waals surface area (Å²) in [5.74, 6) is 0.102. The Morgan fingerprint density at radius 2 is 2.11 bits per heavy atom. The quantitative estimate of drug-likeness (QED) is 0.863.